The molecule has 2 saturated heterocycles. The summed E-state index contributed by atoms with van der Waals surface area (Å²) in [6.45, 7) is 5.58. The van der Waals surface area contributed by atoms with Crippen molar-refractivity contribution in [3.05, 3.63) is 5.82 Å². The maximum Gasteiger partial charge on any atom is 0.251 e. The molecule has 1 aromatic rings. The molecule has 0 saturated carbocycles. The van der Waals surface area contributed by atoms with Crippen LogP contribution < -0.4 is 10.6 Å². The highest BCUT2D eigenvalue weighted by atomic mass is 35.5. The molecular weight excluding hydrogens is 373 g/mol. The summed E-state index contributed by atoms with van der Waals surface area (Å²) in [4.78, 5) is 21.1. The number of hydrogen-bond donors (Lipinski definition) is 1. The van der Waals surface area contributed by atoms with E-state index in [1.807, 2.05) is 4.90 Å². The Morgan fingerprint density at radius 2 is 2.00 bits per heavy atom. The molecule has 1 amide bonds. The van der Waals surface area contributed by atoms with Gasteiger partial charge in [-0.1, -0.05) is 6.92 Å². The van der Waals surface area contributed by atoms with Gasteiger partial charge in [-0.25, -0.2) is 4.98 Å². The minimum Gasteiger partial charge on any atom is -0.364 e. The summed E-state index contributed by atoms with van der Waals surface area (Å²) < 4.78 is 10.0. The van der Waals surface area contributed by atoms with Crippen LogP contribution in [0.25, 0.3) is 0 Å². The highest BCUT2D eigenvalue weighted by Crippen LogP contribution is 2.23. The molecule has 3 rings (SSSR count). The topological polar surface area (TPSA) is 84.6 Å². The van der Waals surface area contributed by atoms with Crippen LogP contribution in [0.15, 0.2) is 0 Å². The zero-order valence-corrected chi connectivity index (χ0v) is 16.2. The predicted octanol–water partition coefficient (Wildman–Crippen LogP) is 1.10. The molecule has 138 valence electrons. The molecule has 2 aliphatic rings. The first-order chi connectivity index (χ1) is 10.7. The summed E-state index contributed by atoms with van der Waals surface area (Å²) in [5.74, 6) is 1.01. The van der Waals surface area contributed by atoms with Crippen LogP contribution in [0.5, 0.6) is 0 Å². The zero-order chi connectivity index (χ0) is 15.5. The Kier molecular flexibility index (Phi) is 8.66. The van der Waals surface area contributed by atoms with E-state index in [4.69, 9.17) is 10.5 Å². The van der Waals surface area contributed by atoms with Gasteiger partial charge in [0.15, 0.2) is 0 Å². The molecule has 10 heteroatoms. The molecule has 3 heterocycles. The van der Waals surface area contributed by atoms with Gasteiger partial charge in [0.1, 0.15) is 11.9 Å². The number of ether oxygens (including phenoxy) is 1. The second-order valence-electron chi connectivity index (χ2n) is 5.72. The maximum absolute atomic E-state index is 12.5. The van der Waals surface area contributed by atoms with E-state index in [0.29, 0.717) is 19.6 Å². The summed E-state index contributed by atoms with van der Waals surface area (Å²) in [5, 5.41) is 0.962. The van der Waals surface area contributed by atoms with Crippen molar-refractivity contribution in [2.75, 3.05) is 37.6 Å². The van der Waals surface area contributed by atoms with E-state index in [1.54, 1.807) is 0 Å². The fourth-order valence-corrected chi connectivity index (χ4v) is 3.70. The van der Waals surface area contributed by atoms with Crippen molar-refractivity contribution < 1.29 is 9.53 Å². The van der Waals surface area contributed by atoms with Crippen LogP contribution in [0.2, 0.25) is 0 Å². The lowest BCUT2D eigenvalue weighted by Crippen LogP contribution is -2.51. The number of carbonyl (C=O) groups is 1. The number of aromatic nitrogens is 2. The molecule has 0 aromatic carbocycles. The minimum absolute atomic E-state index is 0. The fraction of sp³-hybridized carbons (Fsp3) is 0.786. The van der Waals surface area contributed by atoms with E-state index < -0.39 is 0 Å². The molecule has 0 unspecified atom stereocenters. The normalized spacial score (nSPS) is 23.6. The summed E-state index contributed by atoms with van der Waals surface area (Å²) in [7, 11) is 0. The highest BCUT2D eigenvalue weighted by Gasteiger charge is 2.34. The lowest BCUT2D eigenvalue weighted by Gasteiger charge is -2.35. The average molecular weight is 398 g/mol. The summed E-state index contributed by atoms with van der Waals surface area (Å²) in [6.07, 6.45) is 2.28. The van der Waals surface area contributed by atoms with Crippen LogP contribution in [-0.4, -0.2) is 65.1 Å². The van der Waals surface area contributed by atoms with Crippen LogP contribution in [0.3, 0.4) is 0 Å². The molecule has 0 aliphatic carbocycles. The molecule has 1 aromatic heterocycles. The molecule has 2 fully saturated rings. The van der Waals surface area contributed by atoms with Gasteiger partial charge >= 0.3 is 0 Å². The molecule has 0 bridgehead atoms. The van der Waals surface area contributed by atoms with Gasteiger partial charge in [-0.2, -0.15) is 4.37 Å². The first-order valence-corrected chi connectivity index (χ1v) is 8.70. The molecule has 0 radical (unpaired) electrons. The molecule has 7 nitrogen and oxygen atoms in total. The molecular formula is C14H25Cl2N5O2S. The third-order valence-electron chi connectivity index (χ3n) is 4.28. The van der Waals surface area contributed by atoms with E-state index in [1.165, 1.54) is 11.5 Å². The number of nitrogens with two attached hydrogens (primary N) is 1. The smallest absolute Gasteiger partial charge is 0.251 e. The summed E-state index contributed by atoms with van der Waals surface area (Å²) in [5.41, 5.74) is 5.60. The Labute approximate surface area is 158 Å². The molecule has 2 N–H and O–H groups in total. The minimum atomic E-state index is -0.298. The SMILES string of the molecule is CCc1nsc(N2CCN(C(=O)[C@@H]3CC[C@H](CN)O3)CC2)n1.Cl.Cl. The Balaban J connectivity index is 0.00000144. The fourth-order valence-electron chi connectivity index (χ4n) is 2.90. The van der Waals surface area contributed by atoms with Gasteiger partial charge in [0, 0.05) is 50.7 Å². The molecule has 2 aliphatic heterocycles. The molecule has 24 heavy (non-hydrogen) atoms. The van der Waals surface area contributed by atoms with Crippen LogP contribution in [0.1, 0.15) is 25.6 Å². The third-order valence-corrected chi connectivity index (χ3v) is 5.10. The van der Waals surface area contributed by atoms with Crippen LogP contribution in [0.4, 0.5) is 5.13 Å². The third kappa shape index (κ3) is 4.70. The quantitative estimate of drug-likeness (QED) is 0.818. The van der Waals surface area contributed by atoms with E-state index in [9.17, 15) is 4.79 Å². The van der Waals surface area contributed by atoms with Gasteiger partial charge in [0.25, 0.3) is 5.91 Å². The van der Waals surface area contributed by atoms with E-state index >= 15 is 0 Å². The predicted molar refractivity (Wildman–Crippen MR) is 99.5 cm³/mol. The second kappa shape index (κ2) is 9.72. The van der Waals surface area contributed by atoms with Crippen molar-refractivity contribution >= 4 is 47.4 Å². The van der Waals surface area contributed by atoms with E-state index in [2.05, 4.69) is 21.2 Å². The largest absolute Gasteiger partial charge is 0.364 e. The Morgan fingerprint density at radius 3 is 2.54 bits per heavy atom. The average Bonchev–Trinajstić information content (AvgIpc) is 3.23. The number of amides is 1. The number of anilines is 1. The van der Waals surface area contributed by atoms with Crippen molar-refractivity contribution in [1.29, 1.82) is 0 Å². The van der Waals surface area contributed by atoms with Crippen LogP contribution in [-0.2, 0) is 16.0 Å². The van der Waals surface area contributed by atoms with Gasteiger partial charge < -0.3 is 20.3 Å². The first-order valence-electron chi connectivity index (χ1n) is 7.93. The standard InChI is InChI=1S/C14H23N5O2S.2ClH/c1-2-12-16-14(22-17-12)19-7-5-18(6-8-19)13(20)11-4-3-10(9-15)21-11;;/h10-11H,2-9,15H2,1H3;2*1H/t10-,11+;;/m1../s1. The Morgan fingerprint density at radius 1 is 1.29 bits per heavy atom. The van der Waals surface area contributed by atoms with Crippen LogP contribution in [0, 0.1) is 0 Å². The molecule has 2 atom stereocenters. The van der Waals surface area contributed by atoms with Crippen LogP contribution >= 0.6 is 36.3 Å². The van der Waals surface area contributed by atoms with Gasteiger partial charge in [-0.05, 0) is 12.8 Å². The van der Waals surface area contributed by atoms with Gasteiger partial charge in [0.2, 0.25) is 5.13 Å². The number of carbonyl (C=O) groups excluding carboxylic acids is 1. The van der Waals surface area contributed by atoms with Crippen molar-refractivity contribution in [2.45, 2.75) is 38.4 Å². The number of rotatable bonds is 4. The highest BCUT2D eigenvalue weighted by molar-refractivity contribution is 7.09. The van der Waals surface area contributed by atoms with Crippen molar-refractivity contribution in [3.8, 4) is 0 Å². The Hall–Kier alpha value is -0.670. The monoisotopic (exact) mass is 397 g/mol. The maximum atomic E-state index is 12.5. The van der Waals surface area contributed by atoms with Gasteiger partial charge in [-0.15, -0.1) is 24.8 Å². The van der Waals surface area contributed by atoms with Crippen molar-refractivity contribution in [1.82, 2.24) is 14.3 Å². The lowest BCUT2D eigenvalue weighted by atomic mass is 10.1. The number of nitrogens with zero attached hydrogens (tertiary/aromatic N) is 4. The summed E-state index contributed by atoms with van der Waals surface area (Å²) in [6, 6.07) is 0. The lowest BCUT2D eigenvalue weighted by molar-refractivity contribution is -0.143. The Bertz CT molecular complexity index is 525. The van der Waals surface area contributed by atoms with Gasteiger partial charge in [0.05, 0.1) is 6.10 Å². The zero-order valence-electron chi connectivity index (χ0n) is 13.7. The second-order valence-corrected chi connectivity index (χ2v) is 6.45. The number of halogens is 2. The number of aryl methyl sites for hydroxylation is 1. The number of hydrogen-bond acceptors (Lipinski definition) is 7. The van der Waals surface area contributed by atoms with E-state index in [0.717, 1.165) is 43.3 Å². The van der Waals surface area contributed by atoms with Gasteiger partial charge in [-0.3, -0.25) is 4.79 Å². The number of piperazine rings is 1. The summed E-state index contributed by atoms with van der Waals surface area (Å²) >= 11 is 1.44. The van der Waals surface area contributed by atoms with E-state index in [-0.39, 0.29) is 42.9 Å². The van der Waals surface area contributed by atoms with Crippen molar-refractivity contribution in [2.24, 2.45) is 5.73 Å². The van der Waals surface area contributed by atoms with Crippen molar-refractivity contribution in [3.63, 3.8) is 0 Å². The first kappa shape index (κ1) is 21.4. The molecule has 0 spiro atoms.